The smallest absolute Gasteiger partial charge is 0.323 e. The Bertz CT molecular complexity index is 685. The summed E-state index contributed by atoms with van der Waals surface area (Å²) in [5.74, 6) is 0. The molecule has 0 radical (unpaired) electrons. The second-order valence-electron chi connectivity index (χ2n) is 7.07. The third kappa shape index (κ3) is 13.1. The Morgan fingerprint density at radius 3 is 1.78 bits per heavy atom. The highest BCUT2D eigenvalue weighted by Crippen LogP contribution is 2.46. The van der Waals surface area contributed by atoms with Crippen molar-refractivity contribution in [3.63, 3.8) is 0 Å². The van der Waals surface area contributed by atoms with Gasteiger partial charge in [-0.25, -0.2) is 0 Å². The van der Waals surface area contributed by atoms with Gasteiger partial charge in [0.05, 0.1) is 0 Å². The second-order valence-corrected chi connectivity index (χ2v) is 10.8. The number of allylic oxidation sites excluding steroid dienone is 6. The molecule has 0 heterocycles. The maximum absolute atomic E-state index is 11.2. The van der Waals surface area contributed by atoms with Gasteiger partial charge in [0.2, 0.25) is 0 Å². The van der Waals surface area contributed by atoms with Crippen LogP contribution < -0.4 is 0 Å². The van der Waals surface area contributed by atoms with E-state index >= 15 is 0 Å². The van der Waals surface area contributed by atoms with E-state index in [1.54, 1.807) is 0 Å². The minimum absolute atomic E-state index is 0.267. The van der Waals surface area contributed by atoms with Gasteiger partial charge in [0.25, 0.3) is 10.1 Å². The molecular formula is C19H35O6PS. The van der Waals surface area contributed by atoms with Crippen LogP contribution in [-0.4, -0.2) is 27.7 Å². The molecule has 0 aromatic carbocycles. The van der Waals surface area contributed by atoms with Crippen LogP contribution in [0.5, 0.6) is 0 Å². The SMILES string of the molecule is CC/C(C)=C/CC/C(C)=C/CC/C(C)=C/CCCC(P(=O)(O)O)S(=O)(=O)O. The van der Waals surface area contributed by atoms with Crippen LogP contribution in [0.15, 0.2) is 34.9 Å². The van der Waals surface area contributed by atoms with Gasteiger partial charge in [0, 0.05) is 0 Å². The Morgan fingerprint density at radius 1 is 0.926 bits per heavy atom. The van der Waals surface area contributed by atoms with Crippen LogP contribution in [0.1, 0.15) is 79.1 Å². The summed E-state index contributed by atoms with van der Waals surface area (Å²) in [6, 6.07) is 0. The maximum Gasteiger partial charge on any atom is 0.346 e. The van der Waals surface area contributed by atoms with Crippen molar-refractivity contribution in [2.24, 2.45) is 0 Å². The van der Waals surface area contributed by atoms with Crippen molar-refractivity contribution in [3.8, 4) is 0 Å². The second kappa shape index (κ2) is 12.7. The summed E-state index contributed by atoms with van der Waals surface area (Å²) in [5, 5.41) is 0. The van der Waals surface area contributed by atoms with Crippen LogP contribution >= 0.6 is 7.60 Å². The minimum Gasteiger partial charge on any atom is -0.323 e. The lowest BCUT2D eigenvalue weighted by atomic mass is 10.0. The standard InChI is InChI=1S/C19H35O6PS/c1-5-16(2)11-8-12-18(4)14-9-13-17(3)10-6-7-15-19(26(20,21)22)27(23,24)25/h10-11,14,19H,5-9,12-13,15H2,1-4H3,(H2,20,21,22)(H,23,24,25)/b16-11+,17-10+,18-14+. The van der Waals surface area contributed by atoms with E-state index in [2.05, 4.69) is 32.9 Å². The van der Waals surface area contributed by atoms with E-state index in [0.717, 1.165) is 37.7 Å². The number of rotatable bonds is 13. The highest BCUT2D eigenvalue weighted by atomic mass is 32.2. The minimum atomic E-state index is -4.88. The molecule has 0 amide bonds. The summed E-state index contributed by atoms with van der Waals surface area (Å²) in [4.78, 5) is 16.1. The van der Waals surface area contributed by atoms with Crippen molar-refractivity contribution < 1.29 is 27.3 Å². The molecule has 27 heavy (non-hydrogen) atoms. The first-order chi connectivity index (χ1) is 12.4. The summed E-state index contributed by atoms with van der Waals surface area (Å²) >= 11 is 0. The van der Waals surface area contributed by atoms with Crippen molar-refractivity contribution >= 4 is 17.7 Å². The summed E-state index contributed by atoms with van der Waals surface area (Å²) in [6.45, 7) is 8.41. The number of hydrogen-bond acceptors (Lipinski definition) is 3. The Kier molecular flexibility index (Phi) is 12.3. The molecule has 0 spiro atoms. The van der Waals surface area contributed by atoms with Gasteiger partial charge in [-0.2, -0.15) is 8.42 Å². The molecule has 0 saturated carbocycles. The maximum atomic E-state index is 11.2. The average molecular weight is 423 g/mol. The van der Waals surface area contributed by atoms with Crippen LogP contribution in [-0.2, 0) is 14.7 Å². The normalized spacial score (nSPS) is 15.9. The third-order valence-corrected chi connectivity index (χ3v) is 8.04. The molecule has 0 aromatic rings. The van der Waals surface area contributed by atoms with Crippen LogP contribution in [0.25, 0.3) is 0 Å². The molecule has 0 saturated heterocycles. The average Bonchev–Trinajstić information content (AvgIpc) is 2.51. The predicted molar refractivity (Wildman–Crippen MR) is 111 cm³/mol. The first-order valence-electron chi connectivity index (χ1n) is 9.36. The van der Waals surface area contributed by atoms with Crippen LogP contribution in [0.4, 0.5) is 0 Å². The van der Waals surface area contributed by atoms with Crippen LogP contribution in [0, 0.1) is 0 Å². The fourth-order valence-corrected chi connectivity index (χ4v) is 4.94. The molecule has 6 nitrogen and oxygen atoms in total. The fourth-order valence-electron chi connectivity index (χ4n) is 2.57. The fraction of sp³-hybridized carbons (Fsp3) is 0.684. The lowest BCUT2D eigenvalue weighted by Gasteiger charge is -2.14. The van der Waals surface area contributed by atoms with Gasteiger partial charge in [-0.1, -0.05) is 41.9 Å². The van der Waals surface area contributed by atoms with Crippen molar-refractivity contribution in [2.45, 2.75) is 84.1 Å². The summed E-state index contributed by atoms with van der Waals surface area (Å²) in [5.41, 5.74) is 3.93. The molecule has 1 unspecified atom stereocenters. The van der Waals surface area contributed by atoms with Crippen LogP contribution in [0.2, 0.25) is 0 Å². The lowest BCUT2D eigenvalue weighted by Crippen LogP contribution is -2.20. The topological polar surface area (TPSA) is 112 Å². The van der Waals surface area contributed by atoms with Crippen molar-refractivity contribution in [1.82, 2.24) is 0 Å². The molecule has 0 aliphatic heterocycles. The van der Waals surface area contributed by atoms with E-state index in [0.29, 0.717) is 6.42 Å². The molecule has 0 fully saturated rings. The number of unbranched alkanes of at least 4 members (excludes halogenated alkanes) is 1. The molecule has 8 heteroatoms. The quantitative estimate of drug-likeness (QED) is 0.159. The van der Waals surface area contributed by atoms with Gasteiger partial charge in [-0.15, -0.1) is 0 Å². The highest BCUT2D eigenvalue weighted by molar-refractivity contribution is 7.93. The Hall–Kier alpha value is -0.720. The first kappa shape index (κ1) is 26.3. The molecule has 0 aliphatic rings. The van der Waals surface area contributed by atoms with E-state index in [9.17, 15) is 13.0 Å². The van der Waals surface area contributed by atoms with Crippen molar-refractivity contribution in [2.75, 3.05) is 0 Å². The predicted octanol–water partition coefficient (Wildman–Crippen LogP) is 5.36. The van der Waals surface area contributed by atoms with E-state index in [4.69, 9.17) is 14.3 Å². The van der Waals surface area contributed by atoms with E-state index in [1.165, 1.54) is 11.1 Å². The van der Waals surface area contributed by atoms with E-state index in [-0.39, 0.29) is 12.8 Å². The van der Waals surface area contributed by atoms with Gasteiger partial charge in [-0.05, 0) is 72.1 Å². The third-order valence-electron chi connectivity index (χ3n) is 4.49. The Balaban J connectivity index is 4.30. The monoisotopic (exact) mass is 422 g/mol. The zero-order valence-electron chi connectivity index (χ0n) is 16.9. The van der Waals surface area contributed by atoms with Crippen LogP contribution in [0.3, 0.4) is 0 Å². The van der Waals surface area contributed by atoms with Gasteiger partial charge in [0.1, 0.15) is 0 Å². The first-order valence-corrected chi connectivity index (χ1v) is 12.5. The molecule has 0 aromatic heterocycles. The number of hydrogen-bond donors (Lipinski definition) is 3. The molecular weight excluding hydrogens is 387 g/mol. The zero-order chi connectivity index (χ0) is 21.1. The highest BCUT2D eigenvalue weighted by Gasteiger charge is 2.38. The summed E-state index contributed by atoms with van der Waals surface area (Å²) < 4.78 is 42.3. The Morgan fingerprint density at radius 2 is 1.37 bits per heavy atom. The molecule has 1 atom stereocenters. The summed E-state index contributed by atoms with van der Waals surface area (Å²) in [6.07, 6.45) is 12.0. The zero-order valence-corrected chi connectivity index (χ0v) is 18.6. The van der Waals surface area contributed by atoms with E-state index in [1.807, 2.05) is 13.0 Å². The largest absolute Gasteiger partial charge is 0.346 e. The molecule has 0 bridgehead atoms. The van der Waals surface area contributed by atoms with Gasteiger partial charge < -0.3 is 9.79 Å². The molecule has 0 aliphatic carbocycles. The molecule has 0 rings (SSSR count). The van der Waals surface area contributed by atoms with Gasteiger partial charge >= 0.3 is 7.60 Å². The van der Waals surface area contributed by atoms with Gasteiger partial charge in [0.15, 0.2) is 4.99 Å². The van der Waals surface area contributed by atoms with Crippen molar-refractivity contribution in [3.05, 3.63) is 34.9 Å². The Labute approximate surface area is 164 Å². The van der Waals surface area contributed by atoms with Crippen molar-refractivity contribution in [1.29, 1.82) is 0 Å². The lowest BCUT2D eigenvalue weighted by molar-refractivity contribution is 0.360. The van der Waals surface area contributed by atoms with E-state index < -0.39 is 22.7 Å². The molecule has 158 valence electrons. The summed E-state index contributed by atoms with van der Waals surface area (Å²) in [7, 11) is -9.64. The van der Waals surface area contributed by atoms with Gasteiger partial charge in [-0.3, -0.25) is 9.12 Å². The molecule has 3 N–H and O–H groups in total.